The molecule has 1 atom stereocenters. The number of nitrogens with zero attached hydrogens (tertiary/aromatic N) is 2. The predicted molar refractivity (Wildman–Crippen MR) is 86.9 cm³/mol. The summed E-state index contributed by atoms with van der Waals surface area (Å²) >= 11 is 2.84. The fraction of sp³-hybridized carbons (Fsp3) is 0.357. The molecule has 0 radical (unpaired) electrons. The van der Waals surface area contributed by atoms with Crippen molar-refractivity contribution in [3.05, 3.63) is 24.3 Å². The lowest BCUT2D eigenvalue weighted by Gasteiger charge is -2.16. The van der Waals surface area contributed by atoms with Gasteiger partial charge >= 0.3 is 0 Å². The fourth-order valence-corrected chi connectivity index (χ4v) is 4.03. The second-order valence-corrected chi connectivity index (χ2v) is 7.00. The first kappa shape index (κ1) is 14.3. The molecule has 5 nitrogen and oxygen atoms in total. The van der Waals surface area contributed by atoms with Crippen LogP contribution in [0.3, 0.4) is 0 Å². The third kappa shape index (κ3) is 3.19. The van der Waals surface area contributed by atoms with Gasteiger partial charge in [-0.3, -0.25) is 9.59 Å². The van der Waals surface area contributed by atoms with Crippen molar-refractivity contribution in [3.63, 3.8) is 0 Å². The van der Waals surface area contributed by atoms with Crippen molar-refractivity contribution in [3.8, 4) is 0 Å². The Bertz CT molecular complexity index is 653. The zero-order chi connectivity index (χ0) is 14.8. The van der Waals surface area contributed by atoms with Crippen LogP contribution >= 0.6 is 23.1 Å². The van der Waals surface area contributed by atoms with E-state index >= 15 is 0 Å². The summed E-state index contributed by atoms with van der Waals surface area (Å²) in [4.78, 5) is 29.8. The highest BCUT2D eigenvalue weighted by atomic mass is 32.2. The maximum absolute atomic E-state index is 12.0. The number of anilines is 1. The summed E-state index contributed by atoms with van der Waals surface area (Å²) in [6, 6.07) is 7.56. The summed E-state index contributed by atoms with van der Waals surface area (Å²) in [5.41, 5.74) is 0.937. The van der Waals surface area contributed by atoms with Gasteiger partial charge in [0.1, 0.15) is 0 Å². The monoisotopic (exact) mass is 321 g/mol. The van der Waals surface area contributed by atoms with Gasteiger partial charge in [-0.1, -0.05) is 35.2 Å². The van der Waals surface area contributed by atoms with Crippen LogP contribution in [0.25, 0.3) is 10.2 Å². The number of thioether (sulfide) groups is 1. The molecule has 1 saturated heterocycles. The minimum Gasteiger partial charge on any atom is -0.344 e. The molecule has 7 heteroatoms. The summed E-state index contributed by atoms with van der Waals surface area (Å²) in [7, 11) is 1.84. The molecule has 3 rings (SSSR count). The lowest BCUT2D eigenvalue weighted by atomic mass is 10.2. The Morgan fingerprint density at radius 3 is 3.00 bits per heavy atom. The van der Waals surface area contributed by atoms with Gasteiger partial charge < -0.3 is 10.2 Å². The minimum absolute atomic E-state index is 0.0611. The van der Waals surface area contributed by atoms with Crippen LogP contribution in [-0.2, 0) is 9.59 Å². The van der Waals surface area contributed by atoms with Gasteiger partial charge in [-0.15, -0.1) is 0 Å². The summed E-state index contributed by atoms with van der Waals surface area (Å²) < 4.78 is 1.10. The number of aromatic nitrogens is 1. The number of thiazole rings is 1. The van der Waals surface area contributed by atoms with E-state index in [0.717, 1.165) is 27.5 Å². The van der Waals surface area contributed by atoms with Crippen LogP contribution in [0.5, 0.6) is 0 Å². The van der Waals surface area contributed by atoms with Crippen molar-refractivity contribution in [2.75, 3.05) is 24.2 Å². The smallest absolute Gasteiger partial charge is 0.240 e. The van der Waals surface area contributed by atoms with Crippen molar-refractivity contribution < 1.29 is 9.59 Å². The highest BCUT2D eigenvalue weighted by molar-refractivity contribution is 8.14. The van der Waals surface area contributed by atoms with Gasteiger partial charge in [-0.2, -0.15) is 0 Å². The van der Waals surface area contributed by atoms with E-state index in [1.54, 1.807) is 11.3 Å². The number of carbonyl (C=O) groups excluding carboxylic acids is 2. The average Bonchev–Trinajstić information content (AvgIpc) is 3.05. The summed E-state index contributed by atoms with van der Waals surface area (Å²) in [5.74, 6) is 0.648. The maximum atomic E-state index is 12.0. The molecule has 0 bridgehead atoms. The van der Waals surface area contributed by atoms with E-state index in [1.165, 1.54) is 11.8 Å². The Morgan fingerprint density at radius 2 is 2.29 bits per heavy atom. The standard InChI is InChI=1S/C14H15N3O2S2/c1-17(8-12(18)15-10-6-7-20-13(10)19)14-16-9-4-2-3-5-11(9)21-14/h2-5,10H,6-8H2,1H3,(H,15,18)/t10-/m1/s1. The lowest BCUT2D eigenvalue weighted by Crippen LogP contribution is -2.42. The van der Waals surface area contributed by atoms with E-state index in [-0.39, 0.29) is 23.6 Å². The third-order valence-electron chi connectivity index (χ3n) is 3.26. The van der Waals surface area contributed by atoms with Crippen LogP contribution in [0.4, 0.5) is 5.13 Å². The summed E-state index contributed by atoms with van der Waals surface area (Å²) in [6.07, 6.45) is 0.722. The number of likely N-dealkylation sites (N-methyl/N-ethyl adjacent to an activating group) is 1. The van der Waals surface area contributed by atoms with Crippen molar-refractivity contribution >= 4 is 49.5 Å². The van der Waals surface area contributed by atoms with Crippen LogP contribution < -0.4 is 10.2 Å². The maximum Gasteiger partial charge on any atom is 0.240 e. The molecule has 1 aromatic carbocycles. The lowest BCUT2D eigenvalue weighted by molar-refractivity contribution is -0.123. The Hall–Kier alpha value is -1.60. The van der Waals surface area contributed by atoms with E-state index in [0.29, 0.717) is 0 Å². The molecule has 1 aliphatic rings. The molecular weight excluding hydrogens is 306 g/mol. The zero-order valence-electron chi connectivity index (χ0n) is 11.5. The molecule has 2 heterocycles. The number of carbonyl (C=O) groups is 2. The molecule has 0 unspecified atom stereocenters. The predicted octanol–water partition coefficient (Wildman–Crippen LogP) is 1.88. The molecule has 1 aliphatic heterocycles. The first-order chi connectivity index (χ1) is 10.1. The second-order valence-electron chi connectivity index (χ2n) is 4.90. The second kappa shape index (κ2) is 6.03. The molecule has 1 fully saturated rings. The van der Waals surface area contributed by atoms with Crippen LogP contribution in [0.1, 0.15) is 6.42 Å². The van der Waals surface area contributed by atoms with E-state index in [4.69, 9.17) is 0 Å². The van der Waals surface area contributed by atoms with Crippen molar-refractivity contribution in [1.29, 1.82) is 0 Å². The number of benzene rings is 1. The molecule has 1 amide bonds. The van der Waals surface area contributed by atoms with Crippen molar-refractivity contribution in [2.24, 2.45) is 0 Å². The highest BCUT2D eigenvalue weighted by Gasteiger charge is 2.27. The molecule has 2 aromatic rings. The summed E-state index contributed by atoms with van der Waals surface area (Å²) in [5, 5.41) is 3.65. The van der Waals surface area contributed by atoms with Crippen LogP contribution in [-0.4, -0.2) is 41.4 Å². The number of fused-ring (bicyclic) bond motifs is 1. The largest absolute Gasteiger partial charge is 0.344 e. The van der Waals surface area contributed by atoms with Gasteiger partial charge in [0.25, 0.3) is 0 Å². The number of nitrogens with one attached hydrogen (secondary N) is 1. The first-order valence-electron chi connectivity index (χ1n) is 6.66. The molecule has 110 valence electrons. The minimum atomic E-state index is -0.328. The van der Waals surface area contributed by atoms with Gasteiger partial charge in [0.05, 0.1) is 22.8 Å². The molecule has 1 N–H and O–H groups in total. The Morgan fingerprint density at radius 1 is 1.48 bits per heavy atom. The molecule has 1 aromatic heterocycles. The molecule has 0 aliphatic carbocycles. The average molecular weight is 321 g/mol. The topological polar surface area (TPSA) is 62.3 Å². The number of rotatable bonds is 4. The normalized spacial score (nSPS) is 18.1. The highest BCUT2D eigenvalue weighted by Crippen LogP contribution is 2.27. The molecule has 21 heavy (non-hydrogen) atoms. The first-order valence-corrected chi connectivity index (χ1v) is 8.46. The van der Waals surface area contributed by atoms with Gasteiger partial charge in [-0.25, -0.2) is 4.98 Å². The van der Waals surface area contributed by atoms with E-state index in [2.05, 4.69) is 10.3 Å². The van der Waals surface area contributed by atoms with Crippen molar-refractivity contribution in [1.82, 2.24) is 10.3 Å². The molecular formula is C14H15N3O2S2. The quantitative estimate of drug-likeness (QED) is 0.931. The van der Waals surface area contributed by atoms with Crippen LogP contribution in [0.2, 0.25) is 0 Å². The third-order valence-corrected chi connectivity index (χ3v) is 5.42. The van der Waals surface area contributed by atoms with Crippen molar-refractivity contribution in [2.45, 2.75) is 12.5 Å². The summed E-state index contributed by atoms with van der Waals surface area (Å²) in [6.45, 7) is 0.203. The van der Waals surface area contributed by atoms with Gasteiger partial charge in [0, 0.05) is 12.8 Å². The van der Waals surface area contributed by atoms with Gasteiger partial charge in [-0.05, 0) is 18.6 Å². The zero-order valence-corrected chi connectivity index (χ0v) is 13.2. The van der Waals surface area contributed by atoms with Gasteiger partial charge in [0.2, 0.25) is 11.0 Å². The molecule has 0 spiro atoms. The van der Waals surface area contributed by atoms with E-state index in [1.807, 2.05) is 36.2 Å². The fourth-order valence-electron chi connectivity index (χ4n) is 2.17. The molecule has 0 saturated carbocycles. The van der Waals surface area contributed by atoms with Crippen LogP contribution in [0.15, 0.2) is 24.3 Å². The number of hydrogen-bond donors (Lipinski definition) is 1. The Labute approximate surface area is 130 Å². The number of hydrogen-bond acceptors (Lipinski definition) is 6. The van der Waals surface area contributed by atoms with E-state index < -0.39 is 0 Å². The van der Waals surface area contributed by atoms with Gasteiger partial charge in [0.15, 0.2) is 5.13 Å². The SMILES string of the molecule is CN(CC(=O)N[C@@H]1CCSC1=O)c1nc2ccccc2s1. The Kier molecular flexibility index (Phi) is 4.12. The van der Waals surface area contributed by atoms with E-state index in [9.17, 15) is 9.59 Å². The van der Waals surface area contributed by atoms with Crippen LogP contribution in [0, 0.1) is 0 Å². The number of para-hydroxylation sites is 1. The Balaban J connectivity index is 1.63. The number of amides is 1.